The Morgan fingerprint density at radius 2 is 1.97 bits per heavy atom. The summed E-state index contributed by atoms with van der Waals surface area (Å²) in [6, 6.07) is 10.4. The minimum absolute atomic E-state index is 0.294. The molecule has 1 aliphatic carbocycles. The number of nitrogens with one attached hydrogen (secondary N) is 3. The fraction of sp³-hybridized carbons (Fsp3) is 0.552. The molecule has 0 amide bonds. The molecule has 3 N–H and O–H groups in total. The van der Waals surface area contributed by atoms with Gasteiger partial charge in [0.2, 0.25) is 0 Å². The molecule has 2 aromatic heterocycles. The van der Waals surface area contributed by atoms with Crippen LogP contribution in [0.3, 0.4) is 0 Å². The van der Waals surface area contributed by atoms with Crippen molar-refractivity contribution in [2.75, 3.05) is 43.5 Å². The zero-order valence-electron chi connectivity index (χ0n) is 22.4. The Kier molecular flexibility index (Phi) is 9.91. The Balaban J connectivity index is 1.31. The molecule has 2 fully saturated rings. The van der Waals surface area contributed by atoms with Gasteiger partial charge in [0.25, 0.3) is 0 Å². The summed E-state index contributed by atoms with van der Waals surface area (Å²) in [6.45, 7) is 7.11. The molecule has 0 unspecified atom stereocenters. The molecule has 9 heteroatoms. The number of hydrogen-bond donors (Lipinski definition) is 3. The van der Waals surface area contributed by atoms with Gasteiger partial charge in [0.05, 0.1) is 29.1 Å². The summed E-state index contributed by atoms with van der Waals surface area (Å²) in [4.78, 5) is 8.92. The van der Waals surface area contributed by atoms with Crippen LogP contribution in [0, 0.1) is 22.6 Å². The van der Waals surface area contributed by atoms with Crippen molar-refractivity contribution in [3.63, 3.8) is 0 Å². The smallest absolute Gasteiger partial charge is 0.151 e. The number of ether oxygens (including phenoxy) is 2. The van der Waals surface area contributed by atoms with E-state index in [-0.39, 0.29) is 0 Å². The van der Waals surface area contributed by atoms with Gasteiger partial charge in [-0.1, -0.05) is 12.1 Å². The van der Waals surface area contributed by atoms with Crippen LogP contribution >= 0.6 is 0 Å². The van der Waals surface area contributed by atoms with Gasteiger partial charge in [-0.3, -0.25) is 0 Å². The lowest BCUT2D eigenvalue weighted by molar-refractivity contribution is 0.0455. The van der Waals surface area contributed by atoms with Crippen LogP contribution in [0.2, 0.25) is 0 Å². The van der Waals surface area contributed by atoms with Crippen molar-refractivity contribution in [1.82, 2.24) is 15.3 Å². The Bertz CT molecular complexity index is 1120. The first-order valence-electron chi connectivity index (χ1n) is 13.6. The SMILES string of the molecule is C/C=C(/C)OCCN[C@H]1CC[C@H](Nc2cc(-c3cccc(NCC4(C#N)CCOCC4)n3)c(F)cn2)CC1. The third kappa shape index (κ3) is 7.65. The number of pyridine rings is 2. The van der Waals surface area contributed by atoms with Gasteiger partial charge in [-0.2, -0.15) is 5.26 Å². The fourth-order valence-electron chi connectivity index (χ4n) is 4.96. The first-order valence-corrected chi connectivity index (χ1v) is 13.6. The summed E-state index contributed by atoms with van der Waals surface area (Å²) in [5.41, 5.74) is 0.459. The predicted octanol–water partition coefficient (Wildman–Crippen LogP) is 5.27. The summed E-state index contributed by atoms with van der Waals surface area (Å²) < 4.78 is 25.8. The number of nitrogens with zero attached hydrogens (tertiary/aromatic N) is 3. The van der Waals surface area contributed by atoms with Crippen LogP contribution in [0.15, 0.2) is 42.3 Å². The Morgan fingerprint density at radius 1 is 1.21 bits per heavy atom. The van der Waals surface area contributed by atoms with Crippen molar-refractivity contribution < 1.29 is 13.9 Å². The lowest BCUT2D eigenvalue weighted by atomic mass is 9.82. The van der Waals surface area contributed by atoms with Gasteiger partial charge in [0.1, 0.15) is 18.2 Å². The fourth-order valence-corrected chi connectivity index (χ4v) is 4.96. The van der Waals surface area contributed by atoms with Crippen LogP contribution in [0.1, 0.15) is 52.4 Å². The number of anilines is 2. The average Bonchev–Trinajstić information content (AvgIpc) is 2.96. The summed E-state index contributed by atoms with van der Waals surface area (Å²) >= 11 is 0. The molecule has 3 heterocycles. The predicted molar refractivity (Wildman–Crippen MR) is 147 cm³/mol. The second-order valence-corrected chi connectivity index (χ2v) is 10.2. The normalized spacial score (nSPS) is 21.4. The number of hydrogen-bond acceptors (Lipinski definition) is 8. The number of halogens is 1. The highest BCUT2D eigenvalue weighted by atomic mass is 19.1. The highest BCUT2D eigenvalue weighted by Crippen LogP contribution is 2.31. The lowest BCUT2D eigenvalue weighted by Crippen LogP contribution is -2.38. The van der Waals surface area contributed by atoms with Crippen LogP contribution < -0.4 is 16.0 Å². The Hall–Kier alpha value is -3.22. The van der Waals surface area contributed by atoms with E-state index in [4.69, 9.17) is 9.47 Å². The number of aromatic nitrogens is 2. The van der Waals surface area contributed by atoms with Gasteiger partial charge in [-0.05, 0) is 70.6 Å². The first-order chi connectivity index (χ1) is 18.5. The third-order valence-corrected chi connectivity index (χ3v) is 7.53. The minimum Gasteiger partial charge on any atom is -0.497 e. The second kappa shape index (κ2) is 13.5. The summed E-state index contributed by atoms with van der Waals surface area (Å²) in [6.07, 6.45) is 8.77. The van der Waals surface area contributed by atoms with E-state index in [1.54, 1.807) is 12.1 Å². The molecule has 38 heavy (non-hydrogen) atoms. The quantitative estimate of drug-likeness (QED) is 0.271. The van der Waals surface area contributed by atoms with Crippen LogP contribution in [-0.2, 0) is 9.47 Å². The molecule has 204 valence electrons. The van der Waals surface area contributed by atoms with E-state index in [2.05, 4.69) is 32.0 Å². The van der Waals surface area contributed by atoms with Gasteiger partial charge >= 0.3 is 0 Å². The topological polar surface area (TPSA) is 104 Å². The maximum atomic E-state index is 14.8. The maximum absolute atomic E-state index is 14.8. The van der Waals surface area contributed by atoms with Gasteiger partial charge in [0, 0.05) is 44.0 Å². The molecule has 0 radical (unpaired) electrons. The van der Waals surface area contributed by atoms with Crippen molar-refractivity contribution in [2.45, 2.75) is 64.5 Å². The van der Waals surface area contributed by atoms with E-state index in [0.717, 1.165) is 38.0 Å². The van der Waals surface area contributed by atoms with Gasteiger partial charge < -0.3 is 25.4 Å². The van der Waals surface area contributed by atoms with E-state index >= 15 is 0 Å². The molecule has 0 atom stereocenters. The highest BCUT2D eigenvalue weighted by Gasteiger charge is 2.32. The van der Waals surface area contributed by atoms with Crippen molar-refractivity contribution in [1.29, 1.82) is 5.26 Å². The number of allylic oxidation sites excluding steroid dienone is 2. The molecule has 0 bridgehead atoms. The molecule has 0 spiro atoms. The number of nitriles is 1. The molecule has 2 aliphatic rings. The molecule has 1 aliphatic heterocycles. The lowest BCUT2D eigenvalue weighted by Gasteiger charge is -2.30. The van der Waals surface area contributed by atoms with E-state index in [9.17, 15) is 9.65 Å². The zero-order chi connectivity index (χ0) is 26.8. The van der Waals surface area contributed by atoms with Gasteiger partial charge in [0.15, 0.2) is 5.82 Å². The molecule has 2 aromatic rings. The zero-order valence-corrected chi connectivity index (χ0v) is 22.4. The third-order valence-electron chi connectivity index (χ3n) is 7.53. The van der Waals surface area contributed by atoms with Crippen molar-refractivity contribution in [3.8, 4) is 17.3 Å². The molecule has 8 nitrogen and oxygen atoms in total. The van der Waals surface area contributed by atoms with Crippen LogP contribution in [-0.4, -0.2) is 55.0 Å². The van der Waals surface area contributed by atoms with E-state index in [1.807, 2.05) is 32.1 Å². The minimum atomic E-state index is -0.470. The van der Waals surface area contributed by atoms with Crippen molar-refractivity contribution >= 4 is 11.6 Å². The Labute approximate surface area is 225 Å². The highest BCUT2D eigenvalue weighted by molar-refractivity contribution is 5.65. The van der Waals surface area contributed by atoms with Gasteiger partial charge in [-0.15, -0.1) is 0 Å². The van der Waals surface area contributed by atoms with Crippen molar-refractivity contribution in [3.05, 3.63) is 48.1 Å². The molecule has 0 aromatic carbocycles. The molecule has 1 saturated carbocycles. The van der Waals surface area contributed by atoms with Gasteiger partial charge in [-0.25, -0.2) is 14.4 Å². The van der Waals surface area contributed by atoms with Crippen LogP contribution in [0.25, 0.3) is 11.3 Å². The second-order valence-electron chi connectivity index (χ2n) is 10.2. The molecular weight excluding hydrogens is 483 g/mol. The van der Waals surface area contributed by atoms with E-state index in [1.165, 1.54) is 6.20 Å². The molecule has 1 saturated heterocycles. The molecular formula is C29H39FN6O2. The average molecular weight is 523 g/mol. The van der Waals surface area contributed by atoms with Crippen molar-refractivity contribution in [2.24, 2.45) is 5.41 Å². The monoisotopic (exact) mass is 522 g/mol. The van der Waals surface area contributed by atoms with Crippen LogP contribution in [0.4, 0.5) is 16.0 Å². The number of rotatable bonds is 11. The summed E-state index contributed by atoms with van der Waals surface area (Å²) in [7, 11) is 0. The largest absolute Gasteiger partial charge is 0.497 e. The Morgan fingerprint density at radius 3 is 2.71 bits per heavy atom. The molecule has 4 rings (SSSR count). The summed E-state index contributed by atoms with van der Waals surface area (Å²) in [5.74, 6) is 1.80. The standard InChI is InChI=1S/C29H39FN6O2/c1-3-21(2)38-16-13-32-22-7-9-23(10-8-22)35-28-17-24(25(30)18-33-28)26-5-4-6-27(36-26)34-20-29(19-31)11-14-37-15-12-29/h3-6,17-18,22-23,32H,7-16,20H2,1-2H3,(H,33,35)(H,34,36)/b21-3-/t22-,23-. The van der Waals surface area contributed by atoms with E-state index in [0.29, 0.717) is 74.2 Å². The van der Waals surface area contributed by atoms with E-state index < -0.39 is 11.2 Å². The summed E-state index contributed by atoms with van der Waals surface area (Å²) in [5, 5.41) is 20.1. The maximum Gasteiger partial charge on any atom is 0.151 e. The first kappa shape index (κ1) is 27.8. The van der Waals surface area contributed by atoms with Crippen LogP contribution in [0.5, 0.6) is 0 Å².